The zero-order valence-corrected chi connectivity index (χ0v) is 32.8. The number of rotatable bonds is 10. The minimum atomic E-state index is 0.799. The van der Waals surface area contributed by atoms with Gasteiger partial charge in [0.05, 0.1) is 39.7 Å². The van der Waals surface area contributed by atoms with Crippen LogP contribution < -0.4 is 0 Å². The summed E-state index contributed by atoms with van der Waals surface area (Å²) >= 11 is 0. The largest absolute Gasteiger partial charge is 0.259 e. The molecule has 1 aliphatic heterocycles. The van der Waals surface area contributed by atoms with Crippen LogP contribution in [0.1, 0.15) is 43.4 Å². The molecule has 0 bridgehead atoms. The molecule has 0 N–H and O–H groups in total. The number of benzene rings is 6. The molecule has 0 aliphatic carbocycles. The van der Waals surface area contributed by atoms with Crippen LogP contribution >= 0.6 is 0 Å². The number of hydrogen-bond acceptors (Lipinski definition) is 4. The van der Waals surface area contributed by atoms with Gasteiger partial charge in [-0.1, -0.05) is 105 Å². The molecular weight excluding hydrogens is 693 g/mol. The van der Waals surface area contributed by atoms with Crippen LogP contribution in [0.15, 0.2) is 203 Å². The van der Waals surface area contributed by atoms with Crippen molar-refractivity contribution in [1.82, 2.24) is 4.98 Å². The molecule has 57 heavy (non-hydrogen) atoms. The maximum Gasteiger partial charge on any atom is 0.0913 e. The lowest BCUT2D eigenvalue weighted by molar-refractivity contribution is 0.981. The standard InChI is InChI=1S/C53H44N4/c1-7-36-15-12-28-54-53(36)52(34(4)5)57-48(9-3)44-21-18-40-31-43(20-17-41(40)32-44)47(8-2)55-49-25-22-39(29-35(49)6)42-23-26-50-46(33-42)24-27-51(56-50)45-19-16-37-13-10-11-14-38(37)30-45/h7-11,13-14,16-33H,1-3,12,15H2,4-6H3. The molecule has 8 rings (SSSR count). The van der Waals surface area contributed by atoms with Crippen LogP contribution in [0, 0.1) is 6.92 Å². The van der Waals surface area contributed by atoms with Gasteiger partial charge in [-0.2, -0.15) is 0 Å². The fourth-order valence-electron chi connectivity index (χ4n) is 7.44. The molecule has 0 fully saturated rings. The van der Waals surface area contributed by atoms with Crippen molar-refractivity contribution < 1.29 is 0 Å². The topological polar surface area (TPSA) is 50.0 Å². The second-order valence-electron chi connectivity index (χ2n) is 14.6. The third-order valence-corrected chi connectivity index (χ3v) is 10.6. The van der Waals surface area contributed by atoms with E-state index < -0.39 is 0 Å². The molecule has 0 saturated carbocycles. The Hall–Kier alpha value is -7.04. The molecule has 0 radical (unpaired) electrons. The summed E-state index contributed by atoms with van der Waals surface area (Å²) < 4.78 is 0. The van der Waals surface area contributed by atoms with E-state index in [1.54, 1.807) is 0 Å². The Morgan fingerprint density at radius 3 is 1.98 bits per heavy atom. The number of fused-ring (bicyclic) bond motifs is 3. The Balaban J connectivity index is 1.04. The zero-order chi connectivity index (χ0) is 39.5. The third kappa shape index (κ3) is 7.63. The van der Waals surface area contributed by atoms with Gasteiger partial charge >= 0.3 is 0 Å². The summed E-state index contributed by atoms with van der Waals surface area (Å²) in [7, 11) is 0. The number of aliphatic imine (C=N–C) groups is 3. The molecule has 4 heteroatoms. The molecular formula is C53H44N4. The van der Waals surface area contributed by atoms with Crippen LogP contribution in [0.3, 0.4) is 0 Å². The summed E-state index contributed by atoms with van der Waals surface area (Å²) in [6, 6.07) is 44.9. The van der Waals surface area contributed by atoms with Crippen molar-refractivity contribution in [1.29, 1.82) is 0 Å². The molecule has 0 saturated heterocycles. The van der Waals surface area contributed by atoms with Crippen LogP contribution in [-0.2, 0) is 0 Å². The first kappa shape index (κ1) is 36.9. The maximum atomic E-state index is 5.09. The van der Waals surface area contributed by atoms with Crippen molar-refractivity contribution in [2.75, 3.05) is 0 Å². The Morgan fingerprint density at radius 2 is 1.26 bits per heavy atom. The van der Waals surface area contributed by atoms with Crippen molar-refractivity contribution in [2.45, 2.75) is 33.6 Å². The first-order chi connectivity index (χ1) is 27.8. The Bertz CT molecular complexity index is 2930. The van der Waals surface area contributed by atoms with E-state index in [4.69, 9.17) is 20.0 Å². The number of aryl methyl sites for hydroxylation is 1. The van der Waals surface area contributed by atoms with Gasteiger partial charge in [0.1, 0.15) is 0 Å². The predicted octanol–water partition coefficient (Wildman–Crippen LogP) is 14.1. The Morgan fingerprint density at radius 1 is 0.632 bits per heavy atom. The van der Waals surface area contributed by atoms with Crippen molar-refractivity contribution >= 4 is 55.8 Å². The van der Waals surface area contributed by atoms with Gasteiger partial charge in [0, 0.05) is 28.3 Å². The van der Waals surface area contributed by atoms with Crippen LogP contribution in [0.2, 0.25) is 0 Å². The Labute approximate surface area is 335 Å². The highest BCUT2D eigenvalue weighted by Gasteiger charge is 2.15. The minimum absolute atomic E-state index is 0.799. The van der Waals surface area contributed by atoms with Crippen LogP contribution in [0.4, 0.5) is 5.69 Å². The lowest BCUT2D eigenvalue weighted by Gasteiger charge is -2.15. The second-order valence-corrected chi connectivity index (χ2v) is 14.6. The molecule has 2 heterocycles. The van der Waals surface area contributed by atoms with Gasteiger partial charge in [-0.25, -0.2) is 15.0 Å². The summed E-state index contributed by atoms with van der Waals surface area (Å²) in [5, 5.41) is 5.76. The number of pyridine rings is 1. The van der Waals surface area contributed by atoms with Crippen LogP contribution in [-0.4, -0.2) is 22.6 Å². The Kier molecular flexibility index (Phi) is 10.3. The smallest absolute Gasteiger partial charge is 0.0913 e. The minimum Gasteiger partial charge on any atom is -0.259 e. The van der Waals surface area contributed by atoms with E-state index in [-0.39, 0.29) is 0 Å². The van der Waals surface area contributed by atoms with Crippen molar-refractivity contribution in [3.05, 3.63) is 205 Å². The second kappa shape index (κ2) is 16.0. The highest BCUT2D eigenvalue weighted by Crippen LogP contribution is 2.32. The lowest BCUT2D eigenvalue weighted by Crippen LogP contribution is -2.03. The highest BCUT2D eigenvalue weighted by molar-refractivity contribution is 6.13. The van der Waals surface area contributed by atoms with Gasteiger partial charge in [0.15, 0.2) is 0 Å². The fourth-order valence-corrected chi connectivity index (χ4v) is 7.44. The highest BCUT2D eigenvalue weighted by atomic mass is 14.9. The van der Waals surface area contributed by atoms with E-state index in [9.17, 15) is 0 Å². The third-order valence-electron chi connectivity index (χ3n) is 10.6. The van der Waals surface area contributed by atoms with E-state index in [2.05, 4.69) is 168 Å². The number of nitrogens with zero attached hydrogens (tertiary/aromatic N) is 4. The molecule has 0 atom stereocenters. The summed E-state index contributed by atoms with van der Waals surface area (Å²) in [5.74, 6) is 0. The van der Waals surface area contributed by atoms with Gasteiger partial charge < -0.3 is 0 Å². The quantitative estimate of drug-likeness (QED) is 0.129. The van der Waals surface area contributed by atoms with Crippen molar-refractivity contribution in [2.24, 2.45) is 15.0 Å². The molecule has 0 amide bonds. The molecule has 276 valence electrons. The van der Waals surface area contributed by atoms with Crippen LogP contribution in [0.5, 0.6) is 0 Å². The molecule has 4 nitrogen and oxygen atoms in total. The maximum absolute atomic E-state index is 5.09. The molecule has 1 aliphatic rings. The summed E-state index contributed by atoms with van der Waals surface area (Å²) in [6.07, 6.45) is 9.33. The first-order valence-electron chi connectivity index (χ1n) is 19.4. The average molecular weight is 737 g/mol. The van der Waals surface area contributed by atoms with Crippen molar-refractivity contribution in [3.8, 4) is 22.4 Å². The van der Waals surface area contributed by atoms with Gasteiger partial charge in [-0.15, -0.1) is 0 Å². The van der Waals surface area contributed by atoms with Gasteiger partial charge in [0.25, 0.3) is 0 Å². The summed E-state index contributed by atoms with van der Waals surface area (Å²) in [4.78, 5) is 19.9. The molecule has 6 aromatic carbocycles. The number of aromatic nitrogens is 1. The molecule has 0 unspecified atom stereocenters. The SMILES string of the molecule is C=CC(=NC(=C(C)C)C1=C(C=C)CCC=N1)c1ccc2cc(C(C=C)=Nc3ccc(-c4ccc5nc(-c6ccc7ccccc7c6)ccc5c4)cc3C)ccc2c1. The van der Waals surface area contributed by atoms with E-state index in [1.165, 1.54) is 10.8 Å². The monoisotopic (exact) mass is 736 g/mol. The number of allylic oxidation sites excluding steroid dienone is 5. The molecule has 7 aromatic rings. The van der Waals surface area contributed by atoms with E-state index >= 15 is 0 Å². The van der Waals surface area contributed by atoms with Crippen LogP contribution in [0.25, 0.3) is 54.8 Å². The number of hydrogen-bond donors (Lipinski definition) is 0. The predicted molar refractivity (Wildman–Crippen MR) is 245 cm³/mol. The average Bonchev–Trinajstić information content (AvgIpc) is 3.25. The first-order valence-corrected chi connectivity index (χ1v) is 19.4. The normalized spacial score (nSPS) is 13.3. The van der Waals surface area contributed by atoms with E-state index in [0.717, 1.165) is 113 Å². The van der Waals surface area contributed by atoms with Crippen molar-refractivity contribution in [3.63, 3.8) is 0 Å². The summed E-state index contributed by atoms with van der Waals surface area (Å²) in [6.45, 7) is 18.5. The molecule has 0 spiro atoms. The zero-order valence-electron chi connectivity index (χ0n) is 32.8. The fraction of sp³-hybridized carbons (Fsp3) is 0.0943. The van der Waals surface area contributed by atoms with Gasteiger partial charge in [0.2, 0.25) is 0 Å². The van der Waals surface area contributed by atoms with E-state index in [1.807, 2.05) is 24.4 Å². The molecule has 1 aromatic heterocycles. The summed E-state index contributed by atoms with van der Waals surface area (Å²) in [5.41, 5.74) is 14.9. The van der Waals surface area contributed by atoms with E-state index in [0.29, 0.717) is 0 Å². The van der Waals surface area contributed by atoms with Gasteiger partial charge in [-0.05, 0) is 144 Å². The van der Waals surface area contributed by atoms with Gasteiger partial charge in [-0.3, -0.25) is 4.99 Å². The lowest BCUT2D eigenvalue weighted by atomic mass is 9.99.